The first kappa shape index (κ1) is 17.5. The molecule has 0 saturated heterocycles. The number of ether oxygens (including phenoxy) is 2. The molecule has 0 radical (unpaired) electrons. The summed E-state index contributed by atoms with van der Waals surface area (Å²) >= 11 is 0. The number of aromatic nitrogens is 2. The molecule has 0 spiro atoms. The highest BCUT2D eigenvalue weighted by molar-refractivity contribution is 5.80. The second kappa shape index (κ2) is 7.58. The maximum absolute atomic E-state index is 12.6. The summed E-state index contributed by atoms with van der Waals surface area (Å²) in [4.78, 5) is 48.5. The van der Waals surface area contributed by atoms with E-state index in [9.17, 15) is 19.2 Å². The van der Waals surface area contributed by atoms with E-state index in [0.29, 0.717) is 5.52 Å². The third kappa shape index (κ3) is 3.53. The van der Waals surface area contributed by atoms with Gasteiger partial charge in [-0.1, -0.05) is 12.1 Å². The van der Waals surface area contributed by atoms with Gasteiger partial charge in [0, 0.05) is 0 Å². The van der Waals surface area contributed by atoms with Gasteiger partial charge in [-0.3, -0.25) is 19.0 Å². The Morgan fingerprint density at radius 1 is 0.917 bits per heavy atom. The molecule has 0 saturated carbocycles. The Morgan fingerprint density at radius 2 is 1.46 bits per heavy atom. The van der Waals surface area contributed by atoms with E-state index < -0.39 is 29.7 Å². The Hall–Kier alpha value is -2.90. The number of hydrogen-bond donors (Lipinski definition) is 0. The molecule has 2 aromatic rings. The van der Waals surface area contributed by atoms with E-state index in [0.717, 1.165) is 9.13 Å². The molecule has 0 atom stereocenters. The minimum atomic E-state index is -0.764. The van der Waals surface area contributed by atoms with Gasteiger partial charge in [-0.25, -0.2) is 9.36 Å². The molecule has 0 unspecified atom stereocenters. The summed E-state index contributed by atoms with van der Waals surface area (Å²) in [7, 11) is 0. The first-order chi connectivity index (χ1) is 11.5. The topological polar surface area (TPSA) is 96.6 Å². The summed E-state index contributed by atoms with van der Waals surface area (Å²) in [5.41, 5.74) is -1.07. The van der Waals surface area contributed by atoms with Crippen LogP contribution in [0.3, 0.4) is 0 Å². The van der Waals surface area contributed by atoms with Crippen molar-refractivity contribution in [1.29, 1.82) is 0 Å². The highest BCUT2D eigenvalue weighted by Gasteiger charge is 2.17. The maximum atomic E-state index is 12.6. The van der Waals surface area contributed by atoms with Crippen LogP contribution in [0.25, 0.3) is 10.9 Å². The van der Waals surface area contributed by atoms with Gasteiger partial charge in [0.2, 0.25) is 0 Å². The normalized spacial score (nSPS) is 10.6. The van der Waals surface area contributed by atoms with Crippen molar-refractivity contribution < 1.29 is 19.1 Å². The van der Waals surface area contributed by atoms with Gasteiger partial charge in [0.1, 0.15) is 13.1 Å². The van der Waals surface area contributed by atoms with E-state index in [2.05, 4.69) is 0 Å². The summed E-state index contributed by atoms with van der Waals surface area (Å²) in [5, 5.41) is 0.227. The lowest BCUT2D eigenvalue weighted by molar-refractivity contribution is -0.144. The number of carbonyl (C=O) groups excluding carboxylic acids is 2. The van der Waals surface area contributed by atoms with Gasteiger partial charge in [0.05, 0.1) is 24.1 Å². The van der Waals surface area contributed by atoms with Crippen LogP contribution in [0.1, 0.15) is 13.8 Å². The Labute approximate surface area is 137 Å². The smallest absolute Gasteiger partial charge is 0.332 e. The highest BCUT2D eigenvalue weighted by atomic mass is 16.5. The van der Waals surface area contributed by atoms with E-state index in [4.69, 9.17) is 9.47 Å². The van der Waals surface area contributed by atoms with Crippen LogP contribution in [0.15, 0.2) is 33.9 Å². The Kier molecular flexibility index (Phi) is 5.51. The minimum absolute atomic E-state index is 0.137. The van der Waals surface area contributed by atoms with Crippen molar-refractivity contribution in [1.82, 2.24) is 9.13 Å². The third-order valence-corrected chi connectivity index (χ3v) is 3.32. The fraction of sp³-hybridized carbons (Fsp3) is 0.375. The monoisotopic (exact) mass is 334 g/mol. The lowest BCUT2D eigenvalue weighted by Crippen LogP contribution is -2.43. The Balaban J connectivity index is 2.62. The van der Waals surface area contributed by atoms with Gasteiger partial charge in [0.15, 0.2) is 0 Å². The van der Waals surface area contributed by atoms with Crippen LogP contribution in [0.5, 0.6) is 0 Å². The van der Waals surface area contributed by atoms with Crippen LogP contribution in [0.2, 0.25) is 0 Å². The molecule has 8 nitrogen and oxygen atoms in total. The number of carbonyl (C=O) groups is 2. The first-order valence-electron chi connectivity index (χ1n) is 7.53. The molecule has 0 bridgehead atoms. The van der Waals surface area contributed by atoms with Gasteiger partial charge in [-0.2, -0.15) is 0 Å². The fourth-order valence-electron chi connectivity index (χ4n) is 2.33. The molecule has 0 aliphatic rings. The number of para-hydroxylation sites is 1. The third-order valence-electron chi connectivity index (χ3n) is 3.32. The average Bonchev–Trinajstić information content (AvgIpc) is 2.56. The van der Waals surface area contributed by atoms with Crippen LogP contribution >= 0.6 is 0 Å². The van der Waals surface area contributed by atoms with Gasteiger partial charge in [0.25, 0.3) is 5.56 Å². The van der Waals surface area contributed by atoms with Gasteiger partial charge < -0.3 is 9.47 Å². The van der Waals surface area contributed by atoms with E-state index >= 15 is 0 Å². The molecule has 8 heteroatoms. The van der Waals surface area contributed by atoms with Crippen LogP contribution in [0, 0.1) is 0 Å². The molecular formula is C16H18N2O6. The van der Waals surface area contributed by atoms with Crippen LogP contribution < -0.4 is 11.2 Å². The summed E-state index contributed by atoms with van der Waals surface area (Å²) in [6.45, 7) is 2.72. The van der Waals surface area contributed by atoms with E-state index in [1.807, 2.05) is 0 Å². The molecule has 0 aliphatic carbocycles. The molecule has 1 heterocycles. The number of nitrogens with zero attached hydrogens (tertiary/aromatic N) is 2. The molecule has 128 valence electrons. The second-order valence-electron chi connectivity index (χ2n) is 4.89. The van der Waals surface area contributed by atoms with Gasteiger partial charge >= 0.3 is 17.6 Å². The van der Waals surface area contributed by atoms with Gasteiger partial charge in [-0.15, -0.1) is 0 Å². The zero-order valence-electron chi connectivity index (χ0n) is 13.5. The van der Waals surface area contributed by atoms with Crippen molar-refractivity contribution >= 4 is 22.8 Å². The van der Waals surface area contributed by atoms with Crippen molar-refractivity contribution in [2.45, 2.75) is 26.9 Å². The van der Waals surface area contributed by atoms with E-state index in [-0.39, 0.29) is 25.1 Å². The predicted octanol–water partition coefficient (Wildman–Crippen LogP) is 0.289. The molecule has 0 N–H and O–H groups in total. The summed E-state index contributed by atoms with van der Waals surface area (Å²) < 4.78 is 11.5. The van der Waals surface area contributed by atoms with Crippen LogP contribution in [0.4, 0.5) is 0 Å². The standard InChI is InChI=1S/C16H18N2O6/c1-3-23-13(19)9-17-12-8-6-5-7-11(12)15(21)18(16(17)22)10-14(20)24-4-2/h5-8H,3-4,9-10H2,1-2H3. The molecule has 0 fully saturated rings. The van der Waals surface area contributed by atoms with E-state index in [1.54, 1.807) is 32.0 Å². The van der Waals surface area contributed by atoms with Crippen molar-refractivity contribution in [3.63, 3.8) is 0 Å². The Bertz CT molecular complexity index is 880. The summed E-state index contributed by atoms with van der Waals surface area (Å²) in [6.07, 6.45) is 0. The quantitative estimate of drug-likeness (QED) is 0.705. The summed E-state index contributed by atoms with van der Waals surface area (Å²) in [5.74, 6) is -1.30. The zero-order chi connectivity index (χ0) is 17.7. The minimum Gasteiger partial charge on any atom is -0.465 e. The molecule has 0 aliphatic heterocycles. The van der Waals surface area contributed by atoms with Crippen molar-refractivity contribution in [2.24, 2.45) is 0 Å². The SMILES string of the molecule is CCOC(=O)Cn1c(=O)c2ccccc2n(CC(=O)OCC)c1=O. The molecule has 1 aromatic carbocycles. The molecule has 1 aromatic heterocycles. The predicted molar refractivity (Wildman–Crippen MR) is 85.7 cm³/mol. The maximum Gasteiger partial charge on any atom is 0.332 e. The van der Waals surface area contributed by atoms with Crippen molar-refractivity contribution in [3.05, 3.63) is 45.1 Å². The van der Waals surface area contributed by atoms with Gasteiger partial charge in [-0.05, 0) is 26.0 Å². The van der Waals surface area contributed by atoms with E-state index in [1.165, 1.54) is 6.07 Å². The highest BCUT2D eigenvalue weighted by Crippen LogP contribution is 2.07. The molecular weight excluding hydrogens is 316 g/mol. The zero-order valence-corrected chi connectivity index (χ0v) is 13.5. The summed E-state index contributed by atoms with van der Waals surface area (Å²) in [6, 6.07) is 6.38. The average molecular weight is 334 g/mol. The second-order valence-corrected chi connectivity index (χ2v) is 4.89. The lowest BCUT2D eigenvalue weighted by atomic mass is 10.2. The molecule has 0 amide bonds. The van der Waals surface area contributed by atoms with Crippen LogP contribution in [-0.2, 0) is 32.2 Å². The number of benzene rings is 1. The lowest BCUT2D eigenvalue weighted by Gasteiger charge is -2.13. The molecule has 2 rings (SSSR count). The Morgan fingerprint density at radius 3 is 2.04 bits per heavy atom. The van der Waals surface area contributed by atoms with Crippen LogP contribution in [-0.4, -0.2) is 34.3 Å². The van der Waals surface area contributed by atoms with Crippen molar-refractivity contribution in [3.8, 4) is 0 Å². The number of rotatable bonds is 6. The number of hydrogen-bond acceptors (Lipinski definition) is 6. The molecule has 24 heavy (non-hydrogen) atoms. The fourth-order valence-corrected chi connectivity index (χ4v) is 2.33. The first-order valence-corrected chi connectivity index (χ1v) is 7.53. The number of fused-ring (bicyclic) bond motifs is 1. The van der Waals surface area contributed by atoms with Crippen molar-refractivity contribution in [2.75, 3.05) is 13.2 Å². The number of esters is 2. The largest absolute Gasteiger partial charge is 0.465 e.